The summed E-state index contributed by atoms with van der Waals surface area (Å²) in [6.07, 6.45) is 4.05. The Morgan fingerprint density at radius 3 is 2.37 bits per heavy atom. The van der Waals surface area contributed by atoms with Crippen molar-refractivity contribution in [3.8, 4) is 5.75 Å². The minimum Gasteiger partial charge on any atom is -0.495 e. The Bertz CT molecular complexity index is 537. The number of benzene rings is 1. The lowest BCUT2D eigenvalue weighted by Gasteiger charge is -2.21. The molecule has 1 saturated heterocycles. The van der Waals surface area contributed by atoms with Crippen LogP contribution in [0.25, 0.3) is 0 Å². The number of rotatable bonds is 3. The fourth-order valence-electron chi connectivity index (χ4n) is 2.27. The average Bonchev–Trinajstić information content (AvgIpc) is 2.68. The van der Waals surface area contributed by atoms with Crippen molar-refractivity contribution in [1.82, 2.24) is 4.31 Å². The van der Waals surface area contributed by atoms with Gasteiger partial charge < -0.3 is 4.74 Å². The van der Waals surface area contributed by atoms with E-state index in [1.807, 2.05) is 0 Å². The molecule has 0 radical (unpaired) electrons. The number of hydrogen-bond acceptors (Lipinski definition) is 3. The summed E-state index contributed by atoms with van der Waals surface area (Å²) in [5.74, 6) is 0.396. The summed E-state index contributed by atoms with van der Waals surface area (Å²) < 4.78 is 32.9. The van der Waals surface area contributed by atoms with Crippen LogP contribution in [0.4, 0.5) is 0 Å². The maximum atomic E-state index is 12.7. The lowest BCUT2D eigenvalue weighted by Crippen LogP contribution is -2.32. The third-order valence-electron chi connectivity index (χ3n) is 3.31. The molecule has 1 aliphatic rings. The minimum atomic E-state index is -3.47. The van der Waals surface area contributed by atoms with Crippen LogP contribution in [0.3, 0.4) is 0 Å². The molecule has 1 heterocycles. The number of nitrogens with zero attached hydrogens (tertiary/aromatic N) is 1. The third kappa shape index (κ3) is 3.30. The molecule has 6 heteroatoms. The number of sulfonamides is 1. The molecule has 2 rings (SSSR count). The van der Waals surface area contributed by atoms with Crippen LogP contribution >= 0.6 is 15.9 Å². The molecule has 0 amide bonds. The molecule has 1 aromatic rings. The predicted molar refractivity (Wildman–Crippen MR) is 77.9 cm³/mol. The van der Waals surface area contributed by atoms with Gasteiger partial charge in [0, 0.05) is 17.6 Å². The topological polar surface area (TPSA) is 46.6 Å². The maximum Gasteiger partial charge on any atom is 0.246 e. The largest absolute Gasteiger partial charge is 0.495 e. The summed E-state index contributed by atoms with van der Waals surface area (Å²) in [4.78, 5) is 0.242. The molecule has 0 N–H and O–H groups in total. The highest BCUT2D eigenvalue weighted by Crippen LogP contribution is 2.30. The van der Waals surface area contributed by atoms with Crippen LogP contribution in [0, 0.1) is 0 Å². The molecule has 4 nitrogen and oxygen atoms in total. The number of methoxy groups -OCH3 is 1. The molecular weight excluding hydrogens is 330 g/mol. The Morgan fingerprint density at radius 1 is 1.16 bits per heavy atom. The van der Waals surface area contributed by atoms with E-state index in [0.29, 0.717) is 18.8 Å². The highest BCUT2D eigenvalue weighted by atomic mass is 79.9. The molecule has 106 valence electrons. The third-order valence-corrected chi connectivity index (χ3v) is 5.72. The van der Waals surface area contributed by atoms with Gasteiger partial charge in [-0.25, -0.2) is 8.42 Å². The quantitative estimate of drug-likeness (QED) is 0.844. The second-order valence-electron chi connectivity index (χ2n) is 4.61. The van der Waals surface area contributed by atoms with Gasteiger partial charge in [-0.15, -0.1) is 0 Å². The zero-order chi connectivity index (χ0) is 13.9. The molecule has 1 aromatic carbocycles. The second-order valence-corrected chi connectivity index (χ2v) is 7.44. The van der Waals surface area contributed by atoms with Crippen molar-refractivity contribution >= 4 is 26.0 Å². The predicted octanol–water partition coefficient (Wildman–Crippen LogP) is 3.02. The van der Waals surface area contributed by atoms with Crippen molar-refractivity contribution in [1.29, 1.82) is 0 Å². The van der Waals surface area contributed by atoms with E-state index >= 15 is 0 Å². The Hall–Kier alpha value is -0.590. The Labute approximate surface area is 122 Å². The molecule has 0 atom stereocenters. The van der Waals surface area contributed by atoms with E-state index in [9.17, 15) is 8.42 Å². The van der Waals surface area contributed by atoms with Crippen LogP contribution in [0.2, 0.25) is 0 Å². The first kappa shape index (κ1) is 14.8. The van der Waals surface area contributed by atoms with E-state index in [1.165, 1.54) is 7.11 Å². The number of hydrogen-bond donors (Lipinski definition) is 0. The zero-order valence-corrected chi connectivity index (χ0v) is 13.3. The molecule has 1 aliphatic heterocycles. The smallest absolute Gasteiger partial charge is 0.246 e. The summed E-state index contributed by atoms with van der Waals surface area (Å²) in [6, 6.07) is 5.06. The first-order valence-corrected chi connectivity index (χ1v) is 8.62. The molecule has 0 spiro atoms. The Kier molecular flexibility index (Phi) is 4.86. The summed E-state index contributed by atoms with van der Waals surface area (Å²) in [5.41, 5.74) is 0. The SMILES string of the molecule is COc1ccc(Br)cc1S(=O)(=O)N1CCCCCC1. The van der Waals surface area contributed by atoms with Crippen molar-refractivity contribution in [2.75, 3.05) is 20.2 Å². The van der Waals surface area contributed by atoms with Gasteiger partial charge in [0.15, 0.2) is 0 Å². The number of ether oxygens (including phenoxy) is 1. The van der Waals surface area contributed by atoms with Crippen molar-refractivity contribution in [2.45, 2.75) is 30.6 Å². The lowest BCUT2D eigenvalue weighted by molar-refractivity contribution is 0.391. The number of halogens is 1. The summed E-state index contributed by atoms with van der Waals surface area (Å²) in [7, 11) is -1.98. The van der Waals surface area contributed by atoms with Gasteiger partial charge in [0.05, 0.1) is 7.11 Å². The molecule has 0 aliphatic carbocycles. The monoisotopic (exact) mass is 347 g/mol. The van der Waals surface area contributed by atoms with Gasteiger partial charge in [0.1, 0.15) is 10.6 Å². The van der Waals surface area contributed by atoms with Crippen molar-refractivity contribution in [3.63, 3.8) is 0 Å². The minimum absolute atomic E-state index is 0.242. The summed E-state index contributed by atoms with van der Waals surface area (Å²) in [5, 5.41) is 0. The van der Waals surface area contributed by atoms with Crippen molar-refractivity contribution in [2.24, 2.45) is 0 Å². The van der Waals surface area contributed by atoms with Gasteiger partial charge in [-0.2, -0.15) is 4.31 Å². The maximum absolute atomic E-state index is 12.7. The van der Waals surface area contributed by atoms with Crippen molar-refractivity contribution in [3.05, 3.63) is 22.7 Å². The standard InChI is InChI=1S/C13H18BrNO3S/c1-18-12-7-6-11(14)10-13(12)19(16,17)15-8-4-2-3-5-9-15/h6-7,10H,2-5,8-9H2,1H3. The molecular formula is C13H18BrNO3S. The van der Waals surface area contributed by atoms with Crippen LogP contribution in [0.1, 0.15) is 25.7 Å². The van der Waals surface area contributed by atoms with Crippen LogP contribution < -0.4 is 4.74 Å². The van der Waals surface area contributed by atoms with Crippen LogP contribution in [0.15, 0.2) is 27.6 Å². The van der Waals surface area contributed by atoms with Gasteiger partial charge in [-0.05, 0) is 31.0 Å². The average molecular weight is 348 g/mol. The van der Waals surface area contributed by atoms with Crippen molar-refractivity contribution < 1.29 is 13.2 Å². The van der Waals surface area contributed by atoms with Crippen LogP contribution in [0.5, 0.6) is 5.75 Å². The summed E-state index contributed by atoms with van der Waals surface area (Å²) in [6.45, 7) is 1.19. The fourth-order valence-corrected chi connectivity index (χ4v) is 4.48. The molecule has 0 unspecified atom stereocenters. The van der Waals surface area contributed by atoms with E-state index in [0.717, 1.165) is 30.2 Å². The van der Waals surface area contributed by atoms with Gasteiger partial charge >= 0.3 is 0 Å². The van der Waals surface area contributed by atoms with E-state index in [4.69, 9.17) is 4.74 Å². The van der Waals surface area contributed by atoms with Crippen LogP contribution in [-0.2, 0) is 10.0 Å². The van der Waals surface area contributed by atoms with Gasteiger partial charge in [0.25, 0.3) is 0 Å². The fraction of sp³-hybridized carbons (Fsp3) is 0.538. The Balaban J connectivity index is 2.40. The first-order chi connectivity index (χ1) is 9.05. The molecule has 0 aromatic heterocycles. The summed E-state index contributed by atoms with van der Waals surface area (Å²) >= 11 is 3.32. The highest BCUT2D eigenvalue weighted by Gasteiger charge is 2.28. The normalized spacial score (nSPS) is 18.0. The molecule has 0 bridgehead atoms. The van der Waals surface area contributed by atoms with Gasteiger partial charge in [0.2, 0.25) is 10.0 Å². The van der Waals surface area contributed by atoms with E-state index < -0.39 is 10.0 Å². The lowest BCUT2D eigenvalue weighted by atomic mass is 10.2. The molecule has 19 heavy (non-hydrogen) atoms. The van der Waals surface area contributed by atoms with Crippen LogP contribution in [-0.4, -0.2) is 32.9 Å². The second kappa shape index (κ2) is 6.24. The van der Waals surface area contributed by atoms with Gasteiger partial charge in [-0.1, -0.05) is 28.8 Å². The highest BCUT2D eigenvalue weighted by molar-refractivity contribution is 9.10. The van der Waals surface area contributed by atoms with E-state index in [2.05, 4.69) is 15.9 Å². The molecule has 1 fully saturated rings. The van der Waals surface area contributed by atoms with E-state index in [1.54, 1.807) is 22.5 Å². The first-order valence-electron chi connectivity index (χ1n) is 6.39. The van der Waals surface area contributed by atoms with E-state index in [-0.39, 0.29) is 4.90 Å². The molecule has 0 saturated carbocycles. The Morgan fingerprint density at radius 2 is 1.79 bits per heavy atom. The zero-order valence-electron chi connectivity index (χ0n) is 10.9. The van der Waals surface area contributed by atoms with Gasteiger partial charge in [-0.3, -0.25) is 0 Å².